The molecule has 2 heterocycles. The van der Waals surface area contributed by atoms with E-state index in [1.807, 2.05) is 0 Å². The van der Waals surface area contributed by atoms with Crippen LogP contribution in [0.2, 0.25) is 0 Å². The maximum Gasteiger partial charge on any atom is 0.266 e. The monoisotopic (exact) mass is 491 g/mol. The molecular weight excluding hydrogens is 470 g/mol. The molecule has 0 atom stereocenters. The Bertz CT molecular complexity index is 1250. The Morgan fingerprint density at radius 1 is 0.606 bits per heavy atom. The first kappa shape index (κ1) is 22.8. The second kappa shape index (κ2) is 9.65. The SMILES string of the molecule is O=S1(=O)Nc2cccc(n2)NS(=O)(=O)c2ccccc2OCCOCCOc2ccccc21. The lowest BCUT2D eigenvalue weighted by molar-refractivity contribution is 0.0750. The number of sulfonamides is 2. The highest BCUT2D eigenvalue weighted by Crippen LogP contribution is 2.27. The fraction of sp³-hybridized carbons (Fsp3) is 0.190. The minimum atomic E-state index is -4.07. The van der Waals surface area contributed by atoms with E-state index in [2.05, 4.69) is 14.4 Å². The van der Waals surface area contributed by atoms with Gasteiger partial charge in [0, 0.05) is 0 Å². The van der Waals surface area contributed by atoms with Gasteiger partial charge >= 0.3 is 0 Å². The molecule has 2 aromatic carbocycles. The van der Waals surface area contributed by atoms with E-state index in [1.54, 1.807) is 24.3 Å². The van der Waals surface area contributed by atoms with Crippen molar-refractivity contribution >= 4 is 31.7 Å². The summed E-state index contributed by atoms with van der Waals surface area (Å²) >= 11 is 0. The second-order valence-electron chi connectivity index (χ2n) is 6.82. The number of para-hydroxylation sites is 2. The molecule has 0 saturated heterocycles. The molecule has 1 aliphatic rings. The van der Waals surface area contributed by atoms with Gasteiger partial charge in [0.1, 0.15) is 46.1 Å². The highest BCUT2D eigenvalue weighted by Gasteiger charge is 2.23. The molecule has 0 unspecified atom stereocenters. The number of hydrogen-bond acceptors (Lipinski definition) is 8. The lowest BCUT2D eigenvalue weighted by Gasteiger charge is -2.16. The quantitative estimate of drug-likeness (QED) is 0.490. The maximum absolute atomic E-state index is 13.0. The summed E-state index contributed by atoms with van der Waals surface area (Å²) in [6, 6.07) is 16.6. The molecule has 3 aromatic rings. The van der Waals surface area contributed by atoms with E-state index in [0.717, 1.165) is 0 Å². The Balaban J connectivity index is 1.71. The van der Waals surface area contributed by atoms with Crippen LogP contribution >= 0.6 is 0 Å². The van der Waals surface area contributed by atoms with E-state index in [-0.39, 0.29) is 59.4 Å². The van der Waals surface area contributed by atoms with Gasteiger partial charge in [-0.15, -0.1) is 0 Å². The van der Waals surface area contributed by atoms with E-state index in [4.69, 9.17) is 14.2 Å². The van der Waals surface area contributed by atoms with Gasteiger partial charge < -0.3 is 14.2 Å². The standard InChI is InChI=1S/C21H21N3O7S2/c25-32(26)18-8-3-1-6-16(18)30-14-12-29-13-15-31-17-7-2-4-9-19(17)33(27,28)24-21-11-5-10-20(22-21)23-32/h1-11H,12-15H2,(H2,22,23,24). The van der Waals surface area contributed by atoms with Crippen molar-refractivity contribution in [3.8, 4) is 11.5 Å². The van der Waals surface area contributed by atoms with Crippen LogP contribution in [0.15, 0.2) is 76.5 Å². The fourth-order valence-corrected chi connectivity index (χ4v) is 5.34. The lowest BCUT2D eigenvalue weighted by atomic mass is 10.3. The Hall–Kier alpha value is -3.35. The summed E-state index contributed by atoms with van der Waals surface area (Å²) in [6.07, 6.45) is 0. The predicted octanol–water partition coefficient (Wildman–Crippen LogP) is 2.47. The van der Waals surface area contributed by atoms with Gasteiger partial charge in [-0.05, 0) is 36.4 Å². The average molecular weight is 492 g/mol. The summed E-state index contributed by atoms with van der Waals surface area (Å²) in [5, 5.41) is 0. The summed E-state index contributed by atoms with van der Waals surface area (Å²) in [7, 11) is -8.14. The zero-order valence-corrected chi connectivity index (χ0v) is 18.9. The Morgan fingerprint density at radius 3 is 1.55 bits per heavy atom. The van der Waals surface area contributed by atoms with E-state index < -0.39 is 20.0 Å². The number of hydrogen-bond donors (Lipinski definition) is 2. The summed E-state index contributed by atoms with van der Waals surface area (Å²) in [6.45, 7) is 0.566. The summed E-state index contributed by atoms with van der Waals surface area (Å²) in [4.78, 5) is 3.92. The second-order valence-corrected chi connectivity index (χ2v) is 10.1. The molecule has 10 nitrogen and oxygen atoms in total. The van der Waals surface area contributed by atoms with Gasteiger partial charge in [0.15, 0.2) is 0 Å². The van der Waals surface area contributed by atoms with Crippen molar-refractivity contribution in [3.63, 3.8) is 0 Å². The fourth-order valence-electron chi connectivity index (χ4n) is 3.04. The first-order chi connectivity index (χ1) is 15.9. The van der Waals surface area contributed by atoms with Crippen molar-refractivity contribution < 1.29 is 31.0 Å². The van der Waals surface area contributed by atoms with Crippen molar-refractivity contribution in [3.05, 3.63) is 66.7 Å². The highest BCUT2D eigenvalue weighted by molar-refractivity contribution is 7.93. The van der Waals surface area contributed by atoms with Crippen LogP contribution in [-0.4, -0.2) is 48.2 Å². The molecule has 2 bridgehead atoms. The van der Waals surface area contributed by atoms with Gasteiger partial charge in [-0.25, -0.2) is 21.8 Å². The molecule has 12 heteroatoms. The first-order valence-corrected chi connectivity index (χ1v) is 12.9. The van der Waals surface area contributed by atoms with Crippen molar-refractivity contribution in [1.82, 2.24) is 4.98 Å². The van der Waals surface area contributed by atoms with E-state index in [9.17, 15) is 16.8 Å². The summed E-state index contributed by atoms with van der Waals surface area (Å²) in [5.41, 5.74) is 0. The van der Waals surface area contributed by atoms with Crippen LogP contribution in [-0.2, 0) is 24.8 Å². The molecule has 0 spiro atoms. The minimum Gasteiger partial charge on any atom is -0.490 e. The molecule has 0 aliphatic carbocycles. The molecule has 4 rings (SSSR count). The van der Waals surface area contributed by atoms with E-state index in [1.165, 1.54) is 42.5 Å². The minimum absolute atomic E-state index is 0.0704. The van der Waals surface area contributed by atoms with Crippen molar-refractivity contribution in [2.45, 2.75) is 9.79 Å². The molecule has 1 aliphatic heterocycles. The topological polar surface area (TPSA) is 133 Å². The molecular formula is C21H21N3O7S2. The summed E-state index contributed by atoms with van der Waals surface area (Å²) < 4.78 is 73.2. The number of anilines is 2. The Labute approximate surface area is 191 Å². The molecule has 174 valence electrons. The van der Waals surface area contributed by atoms with Gasteiger partial charge in [-0.3, -0.25) is 9.44 Å². The molecule has 0 saturated carbocycles. The van der Waals surface area contributed by atoms with Crippen LogP contribution in [0.4, 0.5) is 11.6 Å². The van der Waals surface area contributed by atoms with Crippen molar-refractivity contribution in [2.75, 3.05) is 35.9 Å². The highest BCUT2D eigenvalue weighted by atomic mass is 32.2. The number of nitrogens with one attached hydrogen (secondary N) is 2. The van der Waals surface area contributed by atoms with Crippen molar-refractivity contribution in [2.24, 2.45) is 0 Å². The largest absolute Gasteiger partial charge is 0.490 e. The van der Waals surface area contributed by atoms with Crippen LogP contribution in [0.25, 0.3) is 0 Å². The van der Waals surface area contributed by atoms with Crippen LogP contribution in [0.1, 0.15) is 0 Å². The number of fused-ring (bicyclic) bond motifs is 4. The number of rotatable bonds is 0. The van der Waals surface area contributed by atoms with Crippen LogP contribution in [0.5, 0.6) is 11.5 Å². The maximum atomic E-state index is 13.0. The van der Waals surface area contributed by atoms with Gasteiger partial charge in [0.05, 0.1) is 13.2 Å². The molecule has 1 aromatic heterocycles. The molecule has 0 fully saturated rings. The lowest BCUT2D eigenvalue weighted by Crippen LogP contribution is -2.19. The Morgan fingerprint density at radius 2 is 1.06 bits per heavy atom. The van der Waals surface area contributed by atoms with Crippen LogP contribution < -0.4 is 18.9 Å². The molecule has 2 N–H and O–H groups in total. The Kier molecular flexibility index (Phi) is 6.67. The average Bonchev–Trinajstić information content (AvgIpc) is 2.78. The molecule has 0 amide bonds. The van der Waals surface area contributed by atoms with Gasteiger partial charge in [-0.1, -0.05) is 30.3 Å². The normalized spacial score (nSPS) is 17.8. The zero-order valence-electron chi connectivity index (χ0n) is 17.3. The van der Waals surface area contributed by atoms with Crippen LogP contribution in [0.3, 0.4) is 0 Å². The third kappa shape index (κ3) is 5.53. The number of aromatic nitrogens is 1. The smallest absolute Gasteiger partial charge is 0.266 e. The van der Waals surface area contributed by atoms with Gasteiger partial charge in [0.2, 0.25) is 0 Å². The first-order valence-electron chi connectivity index (χ1n) is 9.89. The zero-order chi connectivity index (χ0) is 23.3. The van der Waals surface area contributed by atoms with Gasteiger partial charge in [-0.2, -0.15) is 0 Å². The number of ether oxygens (including phenoxy) is 3. The number of pyridine rings is 1. The van der Waals surface area contributed by atoms with Crippen LogP contribution in [0, 0.1) is 0 Å². The van der Waals surface area contributed by atoms with Crippen molar-refractivity contribution in [1.29, 1.82) is 0 Å². The van der Waals surface area contributed by atoms with E-state index in [0.29, 0.717) is 0 Å². The number of nitrogens with zero attached hydrogens (tertiary/aromatic N) is 1. The number of benzene rings is 2. The predicted molar refractivity (Wildman–Crippen MR) is 121 cm³/mol. The summed E-state index contributed by atoms with van der Waals surface area (Å²) in [5.74, 6) is 0.159. The molecule has 33 heavy (non-hydrogen) atoms. The third-order valence-electron chi connectivity index (χ3n) is 4.47. The van der Waals surface area contributed by atoms with Gasteiger partial charge in [0.25, 0.3) is 20.0 Å². The molecule has 0 radical (unpaired) electrons. The van der Waals surface area contributed by atoms with E-state index >= 15 is 0 Å². The third-order valence-corrected chi connectivity index (χ3v) is 7.26.